The van der Waals surface area contributed by atoms with Gasteiger partial charge in [-0.25, -0.2) is 4.98 Å². The van der Waals surface area contributed by atoms with E-state index in [9.17, 15) is 4.39 Å². The lowest BCUT2D eigenvalue weighted by Crippen LogP contribution is -1.87. The maximum absolute atomic E-state index is 12.9. The van der Waals surface area contributed by atoms with Gasteiger partial charge in [0.05, 0.1) is 0 Å². The molecule has 0 saturated carbocycles. The van der Waals surface area contributed by atoms with Crippen molar-refractivity contribution >= 4 is 11.8 Å². The number of nitrogens with zero attached hydrogens (tertiary/aromatic N) is 1. The minimum absolute atomic E-state index is 0.436. The van der Waals surface area contributed by atoms with Crippen LogP contribution in [0.15, 0.2) is 52.4 Å². The largest absolute Gasteiger partial charge is 0.213 e. The summed E-state index contributed by atoms with van der Waals surface area (Å²) < 4.78 is 12.9. The standard InChI is InChI=1S/C14H14FNS/c1-10(2)11-6-8-12(9-7-11)17-14-5-3-4-13(15)16-14/h3-10H,1-2H3. The van der Waals surface area contributed by atoms with Crippen LogP contribution in [0.3, 0.4) is 0 Å². The lowest BCUT2D eigenvalue weighted by atomic mass is 10.0. The fraction of sp³-hybridized carbons (Fsp3) is 0.214. The van der Waals surface area contributed by atoms with Gasteiger partial charge in [-0.3, -0.25) is 0 Å². The predicted octanol–water partition coefficient (Wildman–Crippen LogP) is 4.50. The van der Waals surface area contributed by atoms with E-state index in [-0.39, 0.29) is 0 Å². The highest BCUT2D eigenvalue weighted by molar-refractivity contribution is 7.99. The van der Waals surface area contributed by atoms with Gasteiger partial charge in [-0.15, -0.1) is 0 Å². The summed E-state index contributed by atoms with van der Waals surface area (Å²) in [7, 11) is 0. The topological polar surface area (TPSA) is 12.9 Å². The Kier molecular flexibility index (Phi) is 3.79. The highest BCUT2D eigenvalue weighted by atomic mass is 32.2. The van der Waals surface area contributed by atoms with Crippen molar-refractivity contribution in [2.24, 2.45) is 0 Å². The summed E-state index contributed by atoms with van der Waals surface area (Å²) in [6.07, 6.45) is 0. The molecule has 0 aliphatic rings. The Hall–Kier alpha value is -1.35. The molecule has 1 aromatic heterocycles. The Bertz CT molecular complexity index is 494. The Balaban J connectivity index is 2.14. The van der Waals surface area contributed by atoms with Gasteiger partial charge in [0.25, 0.3) is 0 Å². The third kappa shape index (κ3) is 3.30. The predicted molar refractivity (Wildman–Crippen MR) is 68.8 cm³/mol. The third-order valence-corrected chi connectivity index (χ3v) is 3.40. The molecule has 0 amide bonds. The van der Waals surface area contributed by atoms with Crippen LogP contribution in [0.2, 0.25) is 0 Å². The monoisotopic (exact) mass is 247 g/mol. The second kappa shape index (κ2) is 5.32. The molecule has 1 aromatic carbocycles. The molecule has 88 valence electrons. The highest BCUT2D eigenvalue weighted by Crippen LogP contribution is 2.27. The van der Waals surface area contributed by atoms with Crippen molar-refractivity contribution in [3.05, 3.63) is 54.0 Å². The fourth-order valence-electron chi connectivity index (χ4n) is 1.49. The lowest BCUT2D eigenvalue weighted by molar-refractivity contribution is 0.572. The fourth-order valence-corrected chi connectivity index (χ4v) is 2.28. The molecular formula is C14H14FNS. The van der Waals surface area contributed by atoms with Crippen LogP contribution in [0.5, 0.6) is 0 Å². The summed E-state index contributed by atoms with van der Waals surface area (Å²) >= 11 is 1.47. The smallest absolute Gasteiger partial charge is 0.213 e. The highest BCUT2D eigenvalue weighted by Gasteiger charge is 2.02. The summed E-state index contributed by atoms with van der Waals surface area (Å²) in [6, 6.07) is 13.1. The van der Waals surface area contributed by atoms with Gasteiger partial charge >= 0.3 is 0 Å². The van der Waals surface area contributed by atoms with Gasteiger partial charge < -0.3 is 0 Å². The zero-order valence-corrected chi connectivity index (χ0v) is 10.7. The van der Waals surface area contributed by atoms with E-state index in [1.165, 1.54) is 23.4 Å². The van der Waals surface area contributed by atoms with Crippen molar-refractivity contribution in [2.75, 3.05) is 0 Å². The molecule has 2 aromatic rings. The molecule has 0 unspecified atom stereocenters. The molecule has 0 saturated heterocycles. The average molecular weight is 247 g/mol. The number of halogens is 1. The number of hydrogen-bond acceptors (Lipinski definition) is 2. The van der Waals surface area contributed by atoms with Gasteiger partial charge in [-0.2, -0.15) is 4.39 Å². The lowest BCUT2D eigenvalue weighted by Gasteiger charge is -2.06. The quantitative estimate of drug-likeness (QED) is 0.741. The maximum Gasteiger partial charge on any atom is 0.213 e. The van der Waals surface area contributed by atoms with Crippen LogP contribution in [0.4, 0.5) is 4.39 Å². The van der Waals surface area contributed by atoms with Crippen molar-refractivity contribution in [3.8, 4) is 0 Å². The zero-order chi connectivity index (χ0) is 12.3. The van der Waals surface area contributed by atoms with E-state index >= 15 is 0 Å². The van der Waals surface area contributed by atoms with Crippen molar-refractivity contribution in [1.29, 1.82) is 0 Å². The molecule has 0 fully saturated rings. The summed E-state index contributed by atoms with van der Waals surface area (Å²) in [6.45, 7) is 4.33. The van der Waals surface area contributed by atoms with Crippen LogP contribution in [-0.4, -0.2) is 4.98 Å². The number of rotatable bonds is 3. The second-order valence-electron chi connectivity index (χ2n) is 4.12. The Morgan fingerprint density at radius 1 is 1.06 bits per heavy atom. The summed E-state index contributed by atoms with van der Waals surface area (Å²) in [5, 5.41) is 0.683. The van der Waals surface area contributed by atoms with Crippen LogP contribution in [0, 0.1) is 5.95 Å². The van der Waals surface area contributed by atoms with Gasteiger partial charge in [-0.1, -0.05) is 43.8 Å². The van der Waals surface area contributed by atoms with E-state index in [0.29, 0.717) is 10.9 Å². The van der Waals surface area contributed by atoms with Gasteiger partial charge in [-0.05, 0) is 35.7 Å². The zero-order valence-electron chi connectivity index (χ0n) is 9.85. The maximum atomic E-state index is 12.9. The van der Waals surface area contributed by atoms with Crippen LogP contribution in [0.25, 0.3) is 0 Å². The molecule has 0 spiro atoms. The minimum Gasteiger partial charge on any atom is -0.213 e. The van der Waals surface area contributed by atoms with E-state index in [2.05, 4.69) is 31.0 Å². The van der Waals surface area contributed by atoms with E-state index < -0.39 is 5.95 Å². The third-order valence-electron chi connectivity index (χ3n) is 2.46. The first-order valence-electron chi connectivity index (χ1n) is 5.55. The van der Waals surface area contributed by atoms with Gasteiger partial charge in [0, 0.05) is 4.90 Å². The SMILES string of the molecule is CC(C)c1ccc(Sc2cccc(F)n2)cc1. The number of benzene rings is 1. The van der Waals surface area contributed by atoms with Crippen LogP contribution in [-0.2, 0) is 0 Å². The van der Waals surface area contributed by atoms with E-state index in [1.54, 1.807) is 6.07 Å². The second-order valence-corrected chi connectivity index (χ2v) is 5.22. The average Bonchev–Trinajstić information content (AvgIpc) is 2.29. The summed E-state index contributed by atoms with van der Waals surface area (Å²) in [4.78, 5) is 4.90. The molecule has 1 nitrogen and oxygen atoms in total. The van der Waals surface area contributed by atoms with E-state index in [1.807, 2.05) is 18.2 Å². The summed E-state index contributed by atoms with van der Waals surface area (Å²) in [5.41, 5.74) is 1.31. The molecule has 0 N–H and O–H groups in total. The molecule has 2 rings (SSSR count). The number of hydrogen-bond donors (Lipinski definition) is 0. The van der Waals surface area contributed by atoms with Gasteiger partial charge in [0.2, 0.25) is 5.95 Å². The molecule has 0 aliphatic carbocycles. The van der Waals surface area contributed by atoms with Gasteiger partial charge in [0.1, 0.15) is 5.03 Å². The van der Waals surface area contributed by atoms with Crippen molar-refractivity contribution in [2.45, 2.75) is 29.7 Å². The molecule has 3 heteroatoms. The van der Waals surface area contributed by atoms with Crippen molar-refractivity contribution < 1.29 is 4.39 Å². The van der Waals surface area contributed by atoms with Crippen LogP contribution in [0.1, 0.15) is 25.3 Å². The molecule has 17 heavy (non-hydrogen) atoms. The Morgan fingerprint density at radius 3 is 2.35 bits per heavy atom. The van der Waals surface area contributed by atoms with E-state index in [4.69, 9.17) is 0 Å². The van der Waals surface area contributed by atoms with Gasteiger partial charge in [0.15, 0.2) is 0 Å². The van der Waals surface area contributed by atoms with E-state index in [0.717, 1.165) is 4.90 Å². The van der Waals surface area contributed by atoms with Crippen molar-refractivity contribution in [1.82, 2.24) is 4.98 Å². The Labute approximate surface area is 105 Å². The molecular weight excluding hydrogens is 233 g/mol. The molecule has 0 atom stereocenters. The first-order valence-corrected chi connectivity index (χ1v) is 6.37. The van der Waals surface area contributed by atoms with Crippen LogP contribution < -0.4 is 0 Å². The minimum atomic E-state index is -0.436. The number of aromatic nitrogens is 1. The van der Waals surface area contributed by atoms with Crippen LogP contribution >= 0.6 is 11.8 Å². The summed E-state index contributed by atoms with van der Waals surface area (Å²) in [5.74, 6) is 0.0927. The molecule has 0 radical (unpaired) electrons. The molecule has 1 heterocycles. The normalized spacial score (nSPS) is 10.8. The number of pyridine rings is 1. The Morgan fingerprint density at radius 2 is 1.76 bits per heavy atom. The first-order chi connectivity index (χ1) is 8.15. The first kappa shape index (κ1) is 12.1. The van der Waals surface area contributed by atoms with Crippen molar-refractivity contribution in [3.63, 3.8) is 0 Å². The molecule has 0 bridgehead atoms. The molecule has 0 aliphatic heterocycles.